The number of aromatic nitrogens is 2. The van der Waals surface area contributed by atoms with Crippen molar-refractivity contribution in [2.75, 3.05) is 26.2 Å². The normalized spacial score (nSPS) is 19.0. The Morgan fingerprint density at radius 2 is 2.37 bits per heavy atom. The molecule has 102 valence electrons. The molecule has 1 atom stereocenters. The Morgan fingerprint density at radius 3 is 3.05 bits per heavy atom. The number of rotatable bonds is 3. The molecule has 1 aliphatic rings. The Hall–Kier alpha value is -2.02. The summed E-state index contributed by atoms with van der Waals surface area (Å²) in [5.74, 6) is -0.612. The molecule has 19 heavy (non-hydrogen) atoms. The van der Waals surface area contributed by atoms with Gasteiger partial charge in [0.05, 0.1) is 24.6 Å². The maximum Gasteiger partial charge on any atom is 0.330 e. The fraction of sp³-hybridized carbons (Fsp3) is 0.500. The second-order valence-electron chi connectivity index (χ2n) is 4.10. The van der Waals surface area contributed by atoms with Crippen molar-refractivity contribution in [3.05, 3.63) is 24.0 Å². The van der Waals surface area contributed by atoms with E-state index in [1.165, 1.54) is 17.3 Å². The van der Waals surface area contributed by atoms with Crippen molar-refractivity contribution < 1.29 is 14.3 Å². The van der Waals surface area contributed by atoms with E-state index in [0.29, 0.717) is 31.8 Å². The molecule has 0 saturated carbocycles. The Kier molecular flexibility index (Phi) is 4.40. The highest BCUT2D eigenvalue weighted by molar-refractivity contribution is 5.96. The number of nitrogens with zero attached hydrogens (tertiary/aromatic N) is 3. The van der Waals surface area contributed by atoms with Gasteiger partial charge in [-0.05, 0) is 13.0 Å². The molecule has 1 aliphatic heterocycles. The molecule has 0 spiro atoms. The highest BCUT2D eigenvalue weighted by atomic mass is 16.5. The highest BCUT2D eigenvalue weighted by Crippen LogP contribution is 2.11. The topological polar surface area (TPSA) is 84.4 Å². The first-order valence-electron chi connectivity index (χ1n) is 6.19. The minimum absolute atomic E-state index is 0.227. The number of hydrogen-bond donors (Lipinski definition) is 1. The third-order valence-corrected chi connectivity index (χ3v) is 2.89. The number of nitrogens with one attached hydrogen (secondary N) is 1. The van der Waals surface area contributed by atoms with Gasteiger partial charge in [-0.3, -0.25) is 4.79 Å². The van der Waals surface area contributed by atoms with Gasteiger partial charge < -0.3 is 15.0 Å². The van der Waals surface area contributed by atoms with E-state index >= 15 is 0 Å². The standard InChI is InChI=1S/C12H16N4O3/c1-2-19-12(18)10-8-13-5-6-16(10)11(17)9-3-4-14-15-7-9/h3-4,7,10,13H,2,5-6,8H2,1H3. The number of esters is 1. The van der Waals surface area contributed by atoms with Gasteiger partial charge >= 0.3 is 5.97 Å². The average Bonchev–Trinajstić information content (AvgIpc) is 2.47. The zero-order chi connectivity index (χ0) is 13.7. The number of amides is 1. The van der Waals surface area contributed by atoms with Crippen molar-refractivity contribution in [3.63, 3.8) is 0 Å². The van der Waals surface area contributed by atoms with Gasteiger partial charge in [-0.1, -0.05) is 0 Å². The molecule has 0 aromatic carbocycles. The van der Waals surface area contributed by atoms with E-state index < -0.39 is 6.04 Å². The molecular weight excluding hydrogens is 248 g/mol. The molecule has 0 bridgehead atoms. The van der Waals surface area contributed by atoms with Crippen LogP contribution in [0, 0.1) is 0 Å². The van der Waals surface area contributed by atoms with E-state index in [9.17, 15) is 9.59 Å². The van der Waals surface area contributed by atoms with Crippen LogP contribution in [0.25, 0.3) is 0 Å². The summed E-state index contributed by atoms with van der Waals surface area (Å²) in [6, 6.07) is 0.994. The molecule has 7 heteroatoms. The van der Waals surface area contributed by atoms with Crippen molar-refractivity contribution in [1.29, 1.82) is 0 Å². The van der Waals surface area contributed by atoms with Gasteiger partial charge in [0.15, 0.2) is 0 Å². The van der Waals surface area contributed by atoms with Crippen LogP contribution in [0.5, 0.6) is 0 Å². The van der Waals surface area contributed by atoms with Gasteiger partial charge in [0, 0.05) is 19.6 Å². The van der Waals surface area contributed by atoms with Gasteiger partial charge in [-0.2, -0.15) is 10.2 Å². The third kappa shape index (κ3) is 3.05. The van der Waals surface area contributed by atoms with Crippen molar-refractivity contribution in [1.82, 2.24) is 20.4 Å². The van der Waals surface area contributed by atoms with E-state index in [0.717, 1.165) is 0 Å². The van der Waals surface area contributed by atoms with Crippen molar-refractivity contribution in [2.45, 2.75) is 13.0 Å². The van der Waals surface area contributed by atoms with Crippen molar-refractivity contribution in [2.24, 2.45) is 0 Å². The van der Waals surface area contributed by atoms with Gasteiger partial charge in [-0.15, -0.1) is 0 Å². The molecule has 0 radical (unpaired) electrons. The third-order valence-electron chi connectivity index (χ3n) is 2.89. The lowest BCUT2D eigenvalue weighted by Crippen LogP contribution is -2.57. The number of ether oxygens (including phenoxy) is 1. The predicted octanol–water partition coefficient (Wildman–Crippen LogP) is -0.546. The molecule has 2 heterocycles. The first-order valence-corrected chi connectivity index (χ1v) is 6.19. The summed E-state index contributed by atoms with van der Waals surface area (Å²) in [5.41, 5.74) is 0.422. The van der Waals surface area contributed by atoms with E-state index in [4.69, 9.17) is 4.74 Å². The van der Waals surface area contributed by atoms with Crippen LogP contribution in [-0.2, 0) is 9.53 Å². The highest BCUT2D eigenvalue weighted by Gasteiger charge is 2.33. The predicted molar refractivity (Wildman–Crippen MR) is 66.4 cm³/mol. The zero-order valence-electron chi connectivity index (χ0n) is 10.7. The number of hydrogen-bond acceptors (Lipinski definition) is 6. The van der Waals surface area contributed by atoms with Crippen LogP contribution in [0.3, 0.4) is 0 Å². The molecule has 1 aromatic heterocycles. The maximum absolute atomic E-state index is 12.3. The first-order chi connectivity index (χ1) is 9.24. The molecule has 1 fully saturated rings. The Balaban J connectivity index is 2.15. The van der Waals surface area contributed by atoms with Gasteiger partial charge in [-0.25, -0.2) is 4.79 Å². The summed E-state index contributed by atoms with van der Waals surface area (Å²) in [7, 11) is 0. The summed E-state index contributed by atoms with van der Waals surface area (Å²) in [4.78, 5) is 25.7. The fourth-order valence-corrected chi connectivity index (χ4v) is 1.98. The molecule has 1 N–H and O–H groups in total. The molecule has 7 nitrogen and oxygen atoms in total. The van der Waals surface area contributed by atoms with E-state index in [-0.39, 0.29) is 11.9 Å². The van der Waals surface area contributed by atoms with Gasteiger partial charge in [0.1, 0.15) is 6.04 Å². The summed E-state index contributed by atoms with van der Waals surface area (Å²) in [6.45, 7) is 3.56. The molecule has 1 unspecified atom stereocenters. The van der Waals surface area contributed by atoms with Crippen LogP contribution in [-0.4, -0.2) is 59.3 Å². The van der Waals surface area contributed by atoms with Crippen LogP contribution in [0.2, 0.25) is 0 Å². The second-order valence-corrected chi connectivity index (χ2v) is 4.10. The number of carbonyl (C=O) groups excluding carboxylic acids is 2. The summed E-state index contributed by atoms with van der Waals surface area (Å²) >= 11 is 0. The SMILES string of the molecule is CCOC(=O)C1CNCCN1C(=O)c1ccnnc1. The summed E-state index contributed by atoms with van der Waals surface area (Å²) in [5, 5.41) is 10.4. The lowest BCUT2D eigenvalue weighted by atomic mass is 10.1. The smallest absolute Gasteiger partial charge is 0.330 e. The molecule has 1 aromatic rings. The van der Waals surface area contributed by atoms with Crippen LogP contribution < -0.4 is 5.32 Å². The van der Waals surface area contributed by atoms with Gasteiger partial charge in [0.2, 0.25) is 0 Å². The Bertz CT molecular complexity index is 452. The van der Waals surface area contributed by atoms with Crippen molar-refractivity contribution in [3.8, 4) is 0 Å². The van der Waals surface area contributed by atoms with Crippen LogP contribution >= 0.6 is 0 Å². The second kappa shape index (κ2) is 6.24. The molecule has 1 saturated heterocycles. The van der Waals surface area contributed by atoms with Crippen molar-refractivity contribution >= 4 is 11.9 Å². The molecule has 2 rings (SSSR count). The van der Waals surface area contributed by atoms with Gasteiger partial charge in [0.25, 0.3) is 5.91 Å². The lowest BCUT2D eigenvalue weighted by molar-refractivity contribution is -0.149. The van der Waals surface area contributed by atoms with E-state index in [1.54, 1.807) is 13.0 Å². The average molecular weight is 264 g/mol. The quantitative estimate of drug-likeness (QED) is 0.738. The van der Waals surface area contributed by atoms with E-state index in [1.807, 2.05) is 0 Å². The van der Waals surface area contributed by atoms with Crippen LogP contribution in [0.15, 0.2) is 18.5 Å². The largest absolute Gasteiger partial charge is 0.464 e. The Labute approximate surface area is 110 Å². The zero-order valence-corrected chi connectivity index (χ0v) is 10.7. The minimum Gasteiger partial charge on any atom is -0.464 e. The van der Waals surface area contributed by atoms with Crippen LogP contribution in [0.1, 0.15) is 17.3 Å². The minimum atomic E-state index is -0.589. The fourth-order valence-electron chi connectivity index (χ4n) is 1.98. The first kappa shape index (κ1) is 13.4. The van der Waals surface area contributed by atoms with E-state index in [2.05, 4.69) is 15.5 Å². The number of piperazine rings is 1. The maximum atomic E-state index is 12.3. The summed E-state index contributed by atoms with van der Waals surface area (Å²) in [6.07, 6.45) is 2.85. The summed E-state index contributed by atoms with van der Waals surface area (Å²) < 4.78 is 5.00. The molecule has 0 aliphatic carbocycles. The monoisotopic (exact) mass is 264 g/mol. The molecule has 1 amide bonds. The molecular formula is C12H16N4O3. The number of carbonyl (C=O) groups is 2. The van der Waals surface area contributed by atoms with Crippen LogP contribution in [0.4, 0.5) is 0 Å². The lowest BCUT2D eigenvalue weighted by Gasteiger charge is -2.34. The Morgan fingerprint density at radius 1 is 1.53 bits per heavy atom.